The minimum Gasteiger partial charge on any atom is -0.396 e. The van der Waals surface area contributed by atoms with Crippen LogP contribution in [0.4, 0.5) is 0 Å². The van der Waals surface area contributed by atoms with Gasteiger partial charge >= 0.3 is 0 Å². The van der Waals surface area contributed by atoms with Gasteiger partial charge < -0.3 is 10.2 Å². The van der Waals surface area contributed by atoms with Crippen molar-refractivity contribution in [3.63, 3.8) is 0 Å². The van der Waals surface area contributed by atoms with Crippen molar-refractivity contribution in [2.24, 2.45) is 5.92 Å². The van der Waals surface area contributed by atoms with Gasteiger partial charge in [0, 0.05) is 6.61 Å². The summed E-state index contributed by atoms with van der Waals surface area (Å²) >= 11 is 0. The van der Waals surface area contributed by atoms with Crippen LogP contribution in [0.15, 0.2) is 12.7 Å². The summed E-state index contributed by atoms with van der Waals surface area (Å²) < 4.78 is 0. The molecule has 0 aromatic carbocycles. The highest BCUT2D eigenvalue weighted by molar-refractivity contribution is 4.73. The fourth-order valence-corrected chi connectivity index (χ4v) is 0.996. The van der Waals surface area contributed by atoms with Crippen LogP contribution in [0.5, 0.6) is 0 Å². The van der Waals surface area contributed by atoms with Crippen molar-refractivity contribution in [1.82, 2.24) is 0 Å². The Morgan fingerprint density at radius 2 is 2.09 bits per heavy atom. The number of hydrogen-bond acceptors (Lipinski definition) is 2. The quantitative estimate of drug-likeness (QED) is 0.572. The molecule has 11 heavy (non-hydrogen) atoms. The topological polar surface area (TPSA) is 40.5 Å². The lowest BCUT2D eigenvalue weighted by Crippen LogP contribution is -2.09. The van der Waals surface area contributed by atoms with Crippen molar-refractivity contribution in [3.8, 4) is 0 Å². The third kappa shape index (κ3) is 6.07. The van der Waals surface area contributed by atoms with Gasteiger partial charge in [-0.15, -0.1) is 6.58 Å². The fourth-order valence-electron chi connectivity index (χ4n) is 0.996. The van der Waals surface area contributed by atoms with E-state index in [0.717, 1.165) is 19.3 Å². The molecule has 0 rings (SSSR count). The largest absolute Gasteiger partial charge is 0.396 e. The molecule has 0 aliphatic rings. The van der Waals surface area contributed by atoms with Crippen LogP contribution in [0.3, 0.4) is 0 Å². The van der Waals surface area contributed by atoms with E-state index in [2.05, 4.69) is 6.58 Å². The van der Waals surface area contributed by atoms with Gasteiger partial charge in [-0.3, -0.25) is 0 Å². The Hall–Kier alpha value is -0.340. The van der Waals surface area contributed by atoms with Crippen LogP contribution in [0.1, 0.15) is 26.2 Å². The molecule has 2 N–H and O–H groups in total. The van der Waals surface area contributed by atoms with Crippen LogP contribution in [-0.4, -0.2) is 22.9 Å². The second-order valence-corrected chi connectivity index (χ2v) is 3.00. The molecule has 0 aliphatic heterocycles. The molecule has 0 bridgehead atoms. The van der Waals surface area contributed by atoms with Crippen LogP contribution in [0.25, 0.3) is 0 Å². The van der Waals surface area contributed by atoms with E-state index in [1.54, 1.807) is 6.92 Å². The maximum absolute atomic E-state index is 8.96. The van der Waals surface area contributed by atoms with Gasteiger partial charge in [0.2, 0.25) is 0 Å². The Morgan fingerprint density at radius 3 is 2.45 bits per heavy atom. The molecule has 2 atom stereocenters. The molecule has 0 spiro atoms. The number of allylic oxidation sites excluding steroid dienone is 1. The first-order valence-electron chi connectivity index (χ1n) is 4.10. The van der Waals surface area contributed by atoms with E-state index in [0.29, 0.717) is 0 Å². The average molecular weight is 158 g/mol. The highest BCUT2D eigenvalue weighted by Crippen LogP contribution is 2.12. The Balaban J connectivity index is 3.43. The lowest BCUT2D eigenvalue weighted by Gasteiger charge is -2.12. The van der Waals surface area contributed by atoms with E-state index in [1.807, 2.05) is 6.08 Å². The van der Waals surface area contributed by atoms with Gasteiger partial charge in [0.05, 0.1) is 6.10 Å². The summed E-state index contributed by atoms with van der Waals surface area (Å²) in [5.74, 6) is 0.280. The zero-order valence-corrected chi connectivity index (χ0v) is 7.16. The summed E-state index contributed by atoms with van der Waals surface area (Å²) in [6.45, 7) is 5.56. The Kier molecular flexibility index (Phi) is 6.18. The third-order valence-corrected chi connectivity index (χ3v) is 1.75. The molecule has 0 heterocycles. The summed E-state index contributed by atoms with van der Waals surface area (Å²) in [5, 5.41) is 17.8. The second-order valence-electron chi connectivity index (χ2n) is 3.00. The van der Waals surface area contributed by atoms with E-state index < -0.39 is 0 Å². The molecule has 66 valence electrons. The van der Waals surface area contributed by atoms with E-state index in [9.17, 15) is 0 Å². The predicted molar refractivity (Wildman–Crippen MR) is 46.3 cm³/mol. The summed E-state index contributed by atoms with van der Waals surface area (Å²) in [4.78, 5) is 0. The molecule has 2 unspecified atom stereocenters. The summed E-state index contributed by atoms with van der Waals surface area (Å²) in [6, 6.07) is 0. The summed E-state index contributed by atoms with van der Waals surface area (Å²) in [6.07, 6.45) is 4.03. The first-order valence-corrected chi connectivity index (χ1v) is 4.10. The van der Waals surface area contributed by atoms with Gasteiger partial charge in [0.15, 0.2) is 0 Å². The summed E-state index contributed by atoms with van der Waals surface area (Å²) in [5.41, 5.74) is 0. The molecular weight excluding hydrogens is 140 g/mol. The fraction of sp³-hybridized carbons (Fsp3) is 0.778. The van der Waals surface area contributed by atoms with Crippen LogP contribution in [0, 0.1) is 5.92 Å². The zero-order valence-electron chi connectivity index (χ0n) is 7.16. The minimum absolute atomic E-state index is 0.193. The molecule has 0 saturated heterocycles. The van der Waals surface area contributed by atoms with Gasteiger partial charge in [-0.25, -0.2) is 0 Å². The van der Waals surface area contributed by atoms with Crippen LogP contribution in [0.2, 0.25) is 0 Å². The van der Waals surface area contributed by atoms with Gasteiger partial charge in [-0.1, -0.05) is 6.08 Å². The second kappa shape index (κ2) is 6.38. The molecule has 0 radical (unpaired) electrons. The lowest BCUT2D eigenvalue weighted by molar-refractivity contribution is 0.156. The predicted octanol–water partition coefficient (Wildman–Crippen LogP) is 1.33. The first kappa shape index (κ1) is 10.7. The molecule has 0 aliphatic carbocycles. The van der Waals surface area contributed by atoms with E-state index in [4.69, 9.17) is 10.2 Å². The maximum Gasteiger partial charge on any atom is 0.0512 e. The van der Waals surface area contributed by atoms with Crippen molar-refractivity contribution in [2.45, 2.75) is 32.3 Å². The molecule has 0 aromatic heterocycles. The van der Waals surface area contributed by atoms with Crippen molar-refractivity contribution in [3.05, 3.63) is 12.7 Å². The third-order valence-electron chi connectivity index (χ3n) is 1.75. The Bertz CT molecular complexity index is 99.7. The number of aliphatic hydroxyl groups excluding tert-OH is 2. The number of rotatable bonds is 6. The highest BCUT2D eigenvalue weighted by atomic mass is 16.3. The van der Waals surface area contributed by atoms with Crippen LogP contribution in [-0.2, 0) is 0 Å². The van der Waals surface area contributed by atoms with E-state index >= 15 is 0 Å². The summed E-state index contributed by atoms with van der Waals surface area (Å²) in [7, 11) is 0. The molecule has 2 heteroatoms. The van der Waals surface area contributed by atoms with Gasteiger partial charge in [0.1, 0.15) is 0 Å². The highest BCUT2D eigenvalue weighted by Gasteiger charge is 2.06. The zero-order chi connectivity index (χ0) is 8.69. The van der Waals surface area contributed by atoms with Crippen molar-refractivity contribution >= 4 is 0 Å². The maximum atomic E-state index is 8.96. The van der Waals surface area contributed by atoms with Crippen LogP contribution < -0.4 is 0 Å². The minimum atomic E-state index is -0.256. The Labute approximate surface area is 68.6 Å². The molecular formula is C9H18O2. The first-order chi connectivity index (χ1) is 5.20. The standard InChI is InChI=1S/C9H18O2/c1-3-4-9(7-10)6-5-8(2)11/h3,8-11H,1,4-7H2,2H3. The number of aliphatic hydroxyl groups is 2. The Morgan fingerprint density at radius 1 is 1.45 bits per heavy atom. The molecule has 0 fully saturated rings. The van der Waals surface area contributed by atoms with Gasteiger partial charge in [-0.2, -0.15) is 0 Å². The van der Waals surface area contributed by atoms with Crippen molar-refractivity contribution in [2.75, 3.05) is 6.61 Å². The molecule has 2 nitrogen and oxygen atoms in total. The van der Waals surface area contributed by atoms with Gasteiger partial charge in [-0.05, 0) is 32.1 Å². The van der Waals surface area contributed by atoms with Crippen LogP contribution >= 0.6 is 0 Å². The van der Waals surface area contributed by atoms with E-state index in [1.165, 1.54) is 0 Å². The van der Waals surface area contributed by atoms with Crippen molar-refractivity contribution in [1.29, 1.82) is 0 Å². The smallest absolute Gasteiger partial charge is 0.0512 e. The molecule has 0 saturated carbocycles. The average Bonchev–Trinajstić information content (AvgIpc) is 1.97. The lowest BCUT2D eigenvalue weighted by atomic mass is 9.99. The van der Waals surface area contributed by atoms with Gasteiger partial charge in [0.25, 0.3) is 0 Å². The molecule has 0 amide bonds. The molecule has 0 aromatic rings. The van der Waals surface area contributed by atoms with E-state index in [-0.39, 0.29) is 18.6 Å². The normalized spacial score (nSPS) is 15.9. The SMILES string of the molecule is C=CCC(CO)CCC(C)O. The number of hydrogen-bond donors (Lipinski definition) is 2. The van der Waals surface area contributed by atoms with Crippen molar-refractivity contribution < 1.29 is 10.2 Å². The monoisotopic (exact) mass is 158 g/mol.